The summed E-state index contributed by atoms with van der Waals surface area (Å²) in [6.07, 6.45) is 8.18. The van der Waals surface area contributed by atoms with Crippen LogP contribution in [-0.4, -0.2) is 35.0 Å². The van der Waals surface area contributed by atoms with Crippen molar-refractivity contribution in [2.45, 2.75) is 45.1 Å². The van der Waals surface area contributed by atoms with E-state index in [1.54, 1.807) is 12.1 Å². The van der Waals surface area contributed by atoms with Gasteiger partial charge in [-0.15, -0.1) is 0 Å². The Morgan fingerprint density at radius 1 is 1.26 bits per heavy atom. The summed E-state index contributed by atoms with van der Waals surface area (Å²) in [6, 6.07) is 6.99. The van der Waals surface area contributed by atoms with Crippen LogP contribution in [0.25, 0.3) is 0 Å². The van der Waals surface area contributed by atoms with Crippen LogP contribution in [0.1, 0.15) is 37.3 Å². The fourth-order valence-electron chi connectivity index (χ4n) is 3.66. The van der Waals surface area contributed by atoms with E-state index in [-0.39, 0.29) is 17.8 Å². The lowest BCUT2D eigenvalue weighted by Gasteiger charge is -2.49. The van der Waals surface area contributed by atoms with E-state index >= 15 is 0 Å². The van der Waals surface area contributed by atoms with Crippen molar-refractivity contribution in [2.75, 3.05) is 18.0 Å². The number of halogens is 1. The molecule has 4 rings (SSSR count). The van der Waals surface area contributed by atoms with E-state index in [1.807, 2.05) is 23.4 Å². The molecule has 0 spiro atoms. The lowest BCUT2D eigenvalue weighted by atomic mass is 9.73. The predicted octanol–water partition coefficient (Wildman–Crippen LogP) is 2.90. The van der Waals surface area contributed by atoms with Crippen LogP contribution < -0.4 is 10.2 Å². The quantitative estimate of drug-likeness (QED) is 0.816. The van der Waals surface area contributed by atoms with Gasteiger partial charge < -0.3 is 10.2 Å². The molecule has 1 aliphatic heterocycles. The van der Waals surface area contributed by atoms with Gasteiger partial charge in [-0.2, -0.15) is 0 Å². The minimum Gasteiger partial charge on any atom is -0.353 e. The zero-order chi connectivity index (χ0) is 18.9. The fourth-order valence-corrected chi connectivity index (χ4v) is 3.66. The second-order valence-corrected chi connectivity index (χ2v) is 7.79. The molecule has 6 heteroatoms. The van der Waals surface area contributed by atoms with Crippen LogP contribution in [0.4, 0.5) is 10.3 Å². The summed E-state index contributed by atoms with van der Waals surface area (Å²) in [6.45, 7) is 3.14. The van der Waals surface area contributed by atoms with Crippen molar-refractivity contribution in [3.63, 3.8) is 0 Å². The average Bonchev–Trinajstić information content (AvgIpc) is 3.44. The van der Waals surface area contributed by atoms with Crippen LogP contribution in [0.15, 0.2) is 36.7 Å². The number of carbonyl (C=O) groups excluding carboxylic acids is 1. The summed E-state index contributed by atoms with van der Waals surface area (Å²) >= 11 is 0. The molecule has 27 heavy (non-hydrogen) atoms. The number of nitrogens with one attached hydrogen (secondary N) is 1. The van der Waals surface area contributed by atoms with Crippen molar-refractivity contribution >= 4 is 11.9 Å². The number of aryl methyl sites for hydroxylation is 1. The SMILES string of the molecule is CCCc1cnc(N2CC(Cc3ccccc3F)(C(=O)NC3CC3)C2)nc1. The lowest BCUT2D eigenvalue weighted by Crippen LogP contribution is -2.65. The Labute approximate surface area is 159 Å². The Kier molecular flexibility index (Phi) is 4.81. The summed E-state index contributed by atoms with van der Waals surface area (Å²) in [5.41, 5.74) is 1.07. The molecule has 0 radical (unpaired) electrons. The maximum absolute atomic E-state index is 14.2. The first-order valence-corrected chi connectivity index (χ1v) is 9.70. The van der Waals surface area contributed by atoms with E-state index in [0.29, 0.717) is 31.0 Å². The van der Waals surface area contributed by atoms with E-state index in [9.17, 15) is 9.18 Å². The average molecular weight is 368 g/mol. The van der Waals surface area contributed by atoms with Crippen LogP contribution in [0.5, 0.6) is 0 Å². The van der Waals surface area contributed by atoms with Gasteiger partial charge in [0.1, 0.15) is 5.82 Å². The number of rotatable bonds is 7. The minimum absolute atomic E-state index is 0.0205. The minimum atomic E-state index is -0.629. The molecule has 0 atom stereocenters. The van der Waals surface area contributed by atoms with E-state index in [2.05, 4.69) is 22.2 Å². The third-order valence-electron chi connectivity index (χ3n) is 5.38. The third kappa shape index (κ3) is 3.80. The summed E-state index contributed by atoms with van der Waals surface area (Å²) < 4.78 is 14.2. The number of aromatic nitrogens is 2. The van der Waals surface area contributed by atoms with Crippen LogP contribution in [0, 0.1) is 11.2 Å². The molecule has 1 aromatic heterocycles. The van der Waals surface area contributed by atoms with Gasteiger partial charge in [-0.3, -0.25) is 4.79 Å². The van der Waals surface area contributed by atoms with Crippen LogP contribution in [-0.2, 0) is 17.6 Å². The Bertz CT molecular complexity index is 813. The van der Waals surface area contributed by atoms with Gasteiger partial charge in [-0.25, -0.2) is 14.4 Å². The van der Waals surface area contributed by atoms with Crippen molar-refractivity contribution in [1.82, 2.24) is 15.3 Å². The largest absolute Gasteiger partial charge is 0.353 e. The number of carbonyl (C=O) groups is 1. The van der Waals surface area contributed by atoms with Gasteiger partial charge in [0, 0.05) is 31.5 Å². The molecule has 2 fully saturated rings. The van der Waals surface area contributed by atoms with Gasteiger partial charge in [0.05, 0.1) is 5.41 Å². The highest BCUT2D eigenvalue weighted by atomic mass is 19.1. The lowest BCUT2D eigenvalue weighted by molar-refractivity contribution is -0.132. The molecule has 1 aromatic carbocycles. The second kappa shape index (κ2) is 7.25. The Hall–Kier alpha value is -2.50. The van der Waals surface area contributed by atoms with Crippen LogP contribution >= 0.6 is 0 Å². The first kappa shape index (κ1) is 17.9. The number of amides is 1. The van der Waals surface area contributed by atoms with E-state index in [0.717, 1.165) is 31.2 Å². The Balaban J connectivity index is 1.50. The van der Waals surface area contributed by atoms with Crippen molar-refractivity contribution in [3.05, 3.63) is 53.6 Å². The molecule has 2 heterocycles. The maximum atomic E-state index is 14.2. The van der Waals surface area contributed by atoms with E-state index < -0.39 is 5.41 Å². The van der Waals surface area contributed by atoms with Gasteiger partial charge in [0.15, 0.2) is 0 Å². The zero-order valence-corrected chi connectivity index (χ0v) is 15.6. The number of nitrogens with zero attached hydrogens (tertiary/aromatic N) is 3. The highest BCUT2D eigenvalue weighted by molar-refractivity contribution is 5.86. The zero-order valence-electron chi connectivity index (χ0n) is 15.6. The molecule has 142 valence electrons. The van der Waals surface area contributed by atoms with Crippen molar-refractivity contribution in [3.8, 4) is 0 Å². The molecule has 1 saturated carbocycles. The van der Waals surface area contributed by atoms with Crippen molar-refractivity contribution in [2.24, 2.45) is 5.41 Å². The fraction of sp³-hybridized carbons (Fsp3) is 0.476. The topological polar surface area (TPSA) is 58.1 Å². The van der Waals surface area contributed by atoms with Crippen LogP contribution in [0.2, 0.25) is 0 Å². The molecule has 5 nitrogen and oxygen atoms in total. The Morgan fingerprint density at radius 3 is 2.59 bits per heavy atom. The summed E-state index contributed by atoms with van der Waals surface area (Å²) in [5.74, 6) is 0.403. The molecule has 0 bridgehead atoms. The number of benzene rings is 1. The summed E-state index contributed by atoms with van der Waals surface area (Å²) in [5, 5.41) is 3.11. The number of hydrogen-bond acceptors (Lipinski definition) is 4. The molecule has 0 unspecified atom stereocenters. The molecular weight excluding hydrogens is 343 g/mol. The molecule has 1 aliphatic carbocycles. The number of hydrogen-bond donors (Lipinski definition) is 1. The molecule has 2 aliphatic rings. The maximum Gasteiger partial charge on any atom is 0.230 e. The van der Waals surface area contributed by atoms with E-state index in [1.165, 1.54) is 6.07 Å². The highest BCUT2D eigenvalue weighted by Gasteiger charge is 2.51. The monoisotopic (exact) mass is 368 g/mol. The van der Waals surface area contributed by atoms with Gasteiger partial charge in [-0.05, 0) is 42.9 Å². The highest BCUT2D eigenvalue weighted by Crippen LogP contribution is 2.38. The molecule has 2 aromatic rings. The molecular formula is C21H25FN4O. The molecule has 1 amide bonds. The third-order valence-corrected chi connectivity index (χ3v) is 5.38. The van der Waals surface area contributed by atoms with Gasteiger partial charge in [0.25, 0.3) is 0 Å². The predicted molar refractivity (Wildman–Crippen MR) is 102 cm³/mol. The van der Waals surface area contributed by atoms with E-state index in [4.69, 9.17) is 0 Å². The van der Waals surface area contributed by atoms with Gasteiger partial charge in [0.2, 0.25) is 11.9 Å². The Morgan fingerprint density at radius 2 is 1.96 bits per heavy atom. The van der Waals surface area contributed by atoms with Gasteiger partial charge >= 0.3 is 0 Å². The number of anilines is 1. The molecule has 1 saturated heterocycles. The summed E-state index contributed by atoms with van der Waals surface area (Å²) in [4.78, 5) is 23.8. The van der Waals surface area contributed by atoms with Crippen LogP contribution in [0.3, 0.4) is 0 Å². The standard InChI is InChI=1S/C21H25FN4O/c1-2-5-15-11-23-20(24-12-15)26-13-21(14-26,19(27)25-17-8-9-17)10-16-6-3-4-7-18(16)22/h3-4,6-7,11-12,17H,2,5,8-10,13-14H2,1H3,(H,25,27). The second-order valence-electron chi connectivity index (χ2n) is 7.79. The van der Waals surface area contributed by atoms with Crippen molar-refractivity contribution < 1.29 is 9.18 Å². The normalized spacial score (nSPS) is 18.1. The first-order chi connectivity index (χ1) is 13.1. The van der Waals surface area contributed by atoms with Crippen molar-refractivity contribution in [1.29, 1.82) is 0 Å². The smallest absolute Gasteiger partial charge is 0.230 e. The molecule has 1 N–H and O–H groups in total. The summed E-state index contributed by atoms with van der Waals surface area (Å²) in [7, 11) is 0. The first-order valence-electron chi connectivity index (χ1n) is 9.70. The van der Waals surface area contributed by atoms with Gasteiger partial charge in [-0.1, -0.05) is 31.5 Å².